The lowest BCUT2D eigenvalue weighted by atomic mass is 10.0. The van der Waals surface area contributed by atoms with Crippen LogP contribution in [0.3, 0.4) is 0 Å². The van der Waals surface area contributed by atoms with Crippen LogP contribution >= 0.6 is 11.3 Å². The van der Waals surface area contributed by atoms with E-state index in [1.165, 1.54) is 83.5 Å². The predicted octanol–water partition coefficient (Wildman–Crippen LogP) is 7.06. The molecule has 1 aliphatic heterocycles. The first kappa shape index (κ1) is 26.8. The van der Waals surface area contributed by atoms with Gasteiger partial charge in [0.1, 0.15) is 12.6 Å². The molecule has 0 spiro atoms. The van der Waals surface area contributed by atoms with E-state index >= 15 is 0 Å². The Labute approximate surface area is 195 Å². The highest BCUT2D eigenvalue weighted by Crippen LogP contribution is 2.19. The summed E-state index contributed by atoms with van der Waals surface area (Å²) in [6.45, 7) is 5.54. The van der Waals surface area contributed by atoms with Gasteiger partial charge in [0.05, 0.1) is 18.6 Å². The van der Waals surface area contributed by atoms with Crippen molar-refractivity contribution in [2.75, 3.05) is 19.8 Å². The van der Waals surface area contributed by atoms with Gasteiger partial charge in [-0.1, -0.05) is 95.3 Å². The van der Waals surface area contributed by atoms with Crippen LogP contribution in [0.15, 0.2) is 17.1 Å². The molecule has 2 heterocycles. The Morgan fingerprint density at radius 3 is 2.19 bits per heavy atom. The maximum absolute atomic E-state index is 5.98. The van der Waals surface area contributed by atoms with E-state index in [0.29, 0.717) is 13.2 Å². The maximum Gasteiger partial charge on any atom is 0.224 e. The lowest BCUT2D eigenvalue weighted by Crippen LogP contribution is -2.30. The smallest absolute Gasteiger partial charge is 0.224 e. The predicted molar refractivity (Wildman–Crippen MR) is 129 cm³/mol. The van der Waals surface area contributed by atoms with Gasteiger partial charge in [-0.05, 0) is 19.3 Å². The Balaban J connectivity index is 1.29. The molecule has 1 aromatic heterocycles. The summed E-state index contributed by atoms with van der Waals surface area (Å²) in [6, 6.07) is 0. The van der Waals surface area contributed by atoms with Crippen molar-refractivity contribution in [3.8, 4) is 0 Å². The highest BCUT2D eigenvalue weighted by molar-refractivity contribution is 7.07. The van der Waals surface area contributed by atoms with Gasteiger partial charge in [-0.25, -0.2) is 0 Å². The van der Waals surface area contributed by atoms with E-state index < -0.39 is 0 Å². The molecule has 0 amide bonds. The quantitative estimate of drug-likeness (QED) is 0.147. The molecule has 0 radical (unpaired) electrons. The first-order valence-electron chi connectivity index (χ1n) is 13.1. The number of ether oxygens (including phenoxy) is 3. The van der Waals surface area contributed by atoms with E-state index in [1.807, 2.05) is 0 Å². The summed E-state index contributed by atoms with van der Waals surface area (Å²) < 4.78 is 19.8. The van der Waals surface area contributed by atoms with Crippen molar-refractivity contribution in [2.24, 2.45) is 0 Å². The average molecular weight is 455 g/mol. The second-order valence-corrected chi connectivity index (χ2v) is 9.85. The third kappa shape index (κ3) is 14.3. The molecule has 31 heavy (non-hydrogen) atoms. The lowest BCUT2D eigenvalue weighted by molar-refractivity contribution is -0.692. The monoisotopic (exact) mass is 454 g/mol. The zero-order valence-electron chi connectivity index (χ0n) is 20.1. The fourth-order valence-corrected chi connectivity index (χ4v) is 4.81. The van der Waals surface area contributed by atoms with Crippen molar-refractivity contribution in [2.45, 2.75) is 129 Å². The van der Waals surface area contributed by atoms with Gasteiger partial charge in [-0.3, -0.25) is 0 Å². The zero-order chi connectivity index (χ0) is 21.8. The lowest BCUT2D eigenvalue weighted by Gasteiger charge is -2.11. The molecule has 4 nitrogen and oxygen atoms in total. The molecule has 0 unspecified atom stereocenters. The van der Waals surface area contributed by atoms with Crippen LogP contribution in [-0.2, 0) is 20.8 Å². The van der Waals surface area contributed by atoms with Crippen LogP contribution in [0, 0.1) is 0 Å². The van der Waals surface area contributed by atoms with E-state index in [1.54, 1.807) is 11.3 Å². The van der Waals surface area contributed by atoms with Crippen LogP contribution in [0.25, 0.3) is 0 Å². The normalized spacial score (nSPS) is 18.7. The van der Waals surface area contributed by atoms with Crippen molar-refractivity contribution in [3.05, 3.63) is 17.1 Å². The van der Waals surface area contributed by atoms with Gasteiger partial charge in [0.25, 0.3) is 0 Å². The second kappa shape index (κ2) is 19.0. The van der Waals surface area contributed by atoms with Crippen molar-refractivity contribution in [1.82, 2.24) is 0 Å². The molecule has 1 aliphatic rings. The molecule has 0 bridgehead atoms. The van der Waals surface area contributed by atoms with Crippen LogP contribution in [0.2, 0.25) is 0 Å². The summed E-state index contributed by atoms with van der Waals surface area (Å²) >= 11 is 1.74. The van der Waals surface area contributed by atoms with Crippen LogP contribution < -0.4 is 4.57 Å². The molecule has 0 aliphatic carbocycles. The maximum atomic E-state index is 5.98. The Kier molecular flexibility index (Phi) is 16.4. The number of hydrogen-bond acceptors (Lipinski definition) is 4. The minimum absolute atomic E-state index is 0.00343. The third-order valence-electron chi connectivity index (χ3n) is 6.14. The van der Waals surface area contributed by atoms with Crippen LogP contribution in [0.5, 0.6) is 0 Å². The molecule has 2 atom stereocenters. The number of unbranched alkanes of at least 4 members (excludes halogenated alkanes) is 13. The summed E-state index contributed by atoms with van der Waals surface area (Å²) in [5.74, 6) is 0. The Bertz CT molecular complexity index is 497. The topological polar surface area (TPSA) is 31.6 Å². The molecular formula is C26H48NO3S+. The number of rotatable bonds is 21. The molecule has 0 N–H and O–H groups in total. The number of hydrogen-bond donors (Lipinski definition) is 0. The minimum Gasteiger partial charge on any atom is -0.379 e. The fourth-order valence-electron chi connectivity index (χ4n) is 4.18. The van der Waals surface area contributed by atoms with Gasteiger partial charge in [-0.2, -0.15) is 4.57 Å². The molecule has 5 heteroatoms. The molecule has 1 aromatic rings. The van der Waals surface area contributed by atoms with Gasteiger partial charge >= 0.3 is 0 Å². The second-order valence-electron chi connectivity index (χ2n) is 9.10. The summed E-state index contributed by atoms with van der Waals surface area (Å²) in [6.07, 6.45) is 23.6. The molecular weight excluding hydrogens is 406 g/mol. The van der Waals surface area contributed by atoms with Crippen molar-refractivity contribution >= 4 is 11.3 Å². The summed E-state index contributed by atoms with van der Waals surface area (Å²) in [4.78, 5) is 0. The summed E-state index contributed by atoms with van der Waals surface area (Å²) in [5, 5.41) is 2.11. The summed E-state index contributed by atoms with van der Waals surface area (Å²) in [5.41, 5.74) is 2.15. The van der Waals surface area contributed by atoms with Gasteiger partial charge < -0.3 is 14.2 Å². The van der Waals surface area contributed by atoms with E-state index in [0.717, 1.165) is 32.4 Å². The van der Waals surface area contributed by atoms with Gasteiger partial charge in [0, 0.05) is 13.0 Å². The van der Waals surface area contributed by atoms with Crippen molar-refractivity contribution in [1.29, 1.82) is 0 Å². The first-order chi connectivity index (χ1) is 15.4. The van der Waals surface area contributed by atoms with E-state index in [-0.39, 0.29) is 12.4 Å². The van der Waals surface area contributed by atoms with E-state index in [9.17, 15) is 0 Å². The number of thiazole rings is 1. The average Bonchev–Trinajstić information content (AvgIpc) is 3.46. The van der Waals surface area contributed by atoms with Crippen molar-refractivity contribution < 1.29 is 18.8 Å². The largest absolute Gasteiger partial charge is 0.379 e. The van der Waals surface area contributed by atoms with E-state index in [4.69, 9.17) is 14.2 Å². The summed E-state index contributed by atoms with van der Waals surface area (Å²) in [7, 11) is 0. The zero-order valence-corrected chi connectivity index (χ0v) is 20.9. The molecule has 180 valence electrons. The molecule has 2 rings (SSSR count). The van der Waals surface area contributed by atoms with Gasteiger partial charge in [0.2, 0.25) is 5.51 Å². The molecule has 1 fully saturated rings. The number of nitrogens with zero attached hydrogens (tertiary/aromatic N) is 1. The van der Waals surface area contributed by atoms with E-state index in [2.05, 4.69) is 28.6 Å². The number of aromatic nitrogens is 1. The van der Waals surface area contributed by atoms with Crippen LogP contribution in [-0.4, -0.2) is 32.2 Å². The van der Waals surface area contributed by atoms with Crippen LogP contribution in [0.4, 0.5) is 0 Å². The van der Waals surface area contributed by atoms with Gasteiger partial charge in [-0.15, -0.1) is 0 Å². The highest BCUT2D eigenvalue weighted by atomic mass is 32.1. The third-order valence-corrected chi connectivity index (χ3v) is 6.81. The molecule has 0 saturated carbocycles. The Morgan fingerprint density at radius 1 is 0.871 bits per heavy atom. The van der Waals surface area contributed by atoms with Gasteiger partial charge in [0.15, 0.2) is 12.5 Å². The SMILES string of the molecule is CCCCCCCCCCCCCCC[C@@H]1OC[C@@H](COCCCC[n+]2ccsc2)O1. The Hall–Kier alpha value is -0.490. The Morgan fingerprint density at radius 2 is 1.55 bits per heavy atom. The highest BCUT2D eigenvalue weighted by Gasteiger charge is 2.25. The van der Waals surface area contributed by atoms with Crippen LogP contribution in [0.1, 0.15) is 110 Å². The van der Waals surface area contributed by atoms with Crippen molar-refractivity contribution in [3.63, 3.8) is 0 Å². The standard InChI is InChI=1S/C26H48NO3S/c1-2-3-4-5-6-7-8-9-10-11-12-13-14-17-26-29-23-25(30-26)22-28-20-16-15-18-27-19-21-31-24-27/h19,21,24-26H,2-18,20,22-23H2,1H3/q+1/t25-,26-/m1/s1. The first-order valence-corrected chi connectivity index (χ1v) is 14.1. The molecule has 0 aromatic carbocycles. The minimum atomic E-state index is -0.00343. The number of aryl methyl sites for hydroxylation is 1. The fraction of sp³-hybridized carbons (Fsp3) is 0.885. The molecule has 1 saturated heterocycles.